The Morgan fingerprint density at radius 3 is 2.71 bits per heavy atom. The monoisotopic (exact) mass is 301 g/mol. The summed E-state index contributed by atoms with van der Waals surface area (Å²) < 4.78 is 38.4. The third-order valence-corrected chi connectivity index (χ3v) is 3.72. The lowest BCUT2D eigenvalue weighted by atomic mass is 9.97. The molecule has 1 heterocycles. The van der Waals surface area contributed by atoms with Crippen molar-refractivity contribution in [2.45, 2.75) is 25.9 Å². The van der Waals surface area contributed by atoms with E-state index in [4.69, 9.17) is 5.11 Å². The van der Waals surface area contributed by atoms with E-state index in [0.29, 0.717) is 18.7 Å². The first-order chi connectivity index (χ1) is 9.81. The molecular weight excluding hydrogens is 283 g/mol. The molecule has 116 valence electrons. The second-order valence-corrected chi connectivity index (χ2v) is 5.53. The summed E-state index contributed by atoms with van der Waals surface area (Å²) in [5.41, 5.74) is -0.341. The highest BCUT2D eigenvalue weighted by Gasteiger charge is 2.32. The average molecular weight is 301 g/mol. The maximum absolute atomic E-state index is 12.8. The molecule has 0 bridgehead atoms. The zero-order valence-corrected chi connectivity index (χ0v) is 11.8. The molecule has 21 heavy (non-hydrogen) atoms. The Balaban J connectivity index is 2.25. The van der Waals surface area contributed by atoms with Crippen LogP contribution < -0.4 is 0 Å². The Morgan fingerprint density at radius 2 is 2.10 bits per heavy atom. The van der Waals surface area contributed by atoms with Gasteiger partial charge in [-0.25, -0.2) is 0 Å². The summed E-state index contributed by atoms with van der Waals surface area (Å²) in [6.07, 6.45) is -2.87. The molecular formula is C15H18F3NO2. The zero-order chi connectivity index (χ0) is 15.6. The minimum Gasteiger partial charge on any atom is -0.396 e. The van der Waals surface area contributed by atoms with Crippen molar-refractivity contribution < 1.29 is 23.1 Å². The number of piperidine rings is 1. The van der Waals surface area contributed by atoms with E-state index < -0.39 is 17.6 Å². The van der Waals surface area contributed by atoms with Gasteiger partial charge in [-0.1, -0.05) is 0 Å². The van der Waals surface area contributed by atoms with Crippen LogP contribution in [-0.2, 0) is 6.18 Å². The maximum atomic E-state index is 12.8. The minimum absolute atomic E-state index is 0.00853. The number of benzene rings is 1. The molecule has 1 unspecified atom stereocenters. The van der Waals surface area contributed by atoms with Crippen molar-refractivity contribution in [3.05, 3.63) is 34.9 Å². The standard InChI is InChI=1S/C15H18F3NO2/c1-10-5-12(7-13(6-10)15(16,17)18)14(21)19-4-2-3-11(8-19)9-20/h5-7,11,20H,2-4,8-9H2,1H3. The highest BCUT2D eigenvalue weighted by molar-refractivity contribution is 5.94. The van der Waals surface area contributed by atoms with Gasteiger partial charge in [-0.05, 0) is 49.4 Å². The van der Waals surface area contributed by atoms with Gasteiger partial charge < -0.3 is 10.0 Å². The molecule has 3 nitrogen and oxygen atoms in total. The summed E-state index contributed by atoms with van der Waals surface area (Å²) in [5, 5.41) is 9.17. The van der Waals surface area contributed by atoms with Crippen molar-refractivity contribution in [2.24, 2.45) is 5.92 Å². The largest absolute Gasteiger partial charge is 0.416 e. The molecule has 1 atom stereocenters. The molecule has 0 spiro atoms. The van der Waals surface area contributed by atoms with Crippen LogP contribution in [0, 0.1) is 12.8 Å². The lowest BCUT2D eigenvalue weighted by Crippen LogP contribution is -2.41. The van der Waals surface area contributed by atoms with Gasteiger partial charge in [0.05, 0.1) is 5.56 Å². The molecule has 1 aromatic rings. The highest BCUT2D eigenvalue weighted by atomic mass is 19.4. The molecule has 1 aromatic carbocycles. The van der Waals surface area contributed by atoms with Gasteiger partial charge in [0.1, 0.15) is 0 Å². The number of carbonyl (C=O) groups is 1. The molecule has 0 aliphatic carbocycles. The number of aliphatic hydroxyl groups excluding tert-OH is 1. The number of rotatable bonds is 2. The number of halogens is 3. The van der Waals surface area contributed by atoms with Crippen molar-refractivity contribution in [3.8, 4) is 0 Å². The molecule has 1 N–H and O–H groups in total. The first kappa shape index (κ1) is 15.8. The van der Waals surface area contributed by atoms with E-state index in [9.17, 15) is 18.0 Å². The van der Waals surface area contributed by atoms with E-state index in [0.717, 1.165) is 25.0 Å². The van der Waals surface area contributed by atoms with E-state index in [1.807, 2.05) is 0 Å². The fourth-order valence-electron chi connectivity index (χ4n) is 2.65. The van der Waals surface area contributed by atoms with Crippen LogP contribution in [0.2, 0.25) is 0 Å². The summed E-state index contributed by atoms with van der Waals surface area (Å²) in [7, 11) is 0. The number of carbonyl (C=O) groups excluding carboxylic acids is 1. The smallest absolute Gasteiger partial charge is 0.396 e. The Bertz CT molecular complexity index is 528. The Kier molecular flexibility index (Phi) is 4.56. The SMILES string of the molecule is Cc1cc(C(=O)N2CCCC(CO)C2)cc(C(F)(F)F)c1. The van der Waals surface area contributed by atoms with Crippen LogP contribution in [0.3, 0.4) is 0 Å². The second-order valence-electron chi connectivity index (χ2n) is 5.53. The predicted molar refractivity (Wildman–Crippen MR) is 71.9 cm³/mol. The zero-order valence-electron chi connectivity index (χ0n) is 11.8. The van der Waals surface area contributed by atoms with Crippen LogP contribution in [0.4, 0.5) is 13.2 Å². The predicted octanol–water partition coefficient (Wildman–Crippen LogP) is 2.86. The van der Waals surface area contributed by atoms with Crippen molar-refractivity contribution in [1.82, 2.24) is 4.90 Å². The van der Waals surface area contributed by atoms with E-state index in [1.54, 1.807) is 6.92 Å². The highest BCUT2D eigenvalue weighted by Crippen LogP contribution is 2.31. The summed E-state index contributed by atoms with van der Waals surface area (Å²) in [6.45, 7) is 2.44. The van der Waals surface area contributed by atoms with Gasteiger partial charge in [-0.2, -0.15) is 13.2 Å². The molecule has 0 saturated carbocycles. The third-order valence-electron chi connectivity index (χ3n) is 3.72. The van der Waals surface area contributed by atoms with E-state index in [2.05, 4.69) is 0 Å². The molecule has 6 heteroatoms. The van der Waals surface area contributed by atoms with Gasteiger partial charge in [-0.15, -0.1) is 0 Å². The Labute approximate surface area is 121 Å². The molecule has 1 saturated heterocycles. The van der Waals surface area contributed by atoms with Gasteiger partial charge in [0.25, 0.3) is 5.91 Å². The summed E-state index contributed by atoms with van der Waals surface area (Å²) in [4.78, 5) is 13.9. The topological polar surface area (TPSA) is 40.5 Å². The maximum Gasteiger partial charge on any atom is 0.416 e. The van der Waals surface area contributed by atoms with E-state index in [1.165, 1.54) is 11.0 Å². The number of alkyl halides is 3. The number of hydrogen-bond donors (Lipinski definition) is 1. The molecule has 0 radical (unpaired) electrons. The lowest BCUT2D eigenvalue weighted by Gasteiger charge is -2.32. The molecule has 1 aliphatic heterocycles. The number of amides is 1. The van der Waals surface area contributed by atoms with Crippen LogP contribution in [0.25, 0.3) is 0 Å². The fraction of sp³-hybridized carbons (Fsp3) is 0.533. The molecule has 1 aliphatic rings. The van der Waals surface area contributed by atoms with Crippen LogP contribution in [0.5, 0.6) is 0 Å². The first-order valence-corrected chi connectivity index (χ1v) is 6.90. The number of hydrogen-bond acceptors (Lipinski definition) is 2. The minimum atomic E-state index is -4.46. The number of aryl methyl sites for hydroxylation is 1. The van der Waals surface area contributed by atoms with Gasteiger partial charge in [0, 0.05) is 25.3 Å². The summed E-state index contributed by atoms with van der Waals surface area (Å²) in [5.74, 6) is -0.392. The summed E-state index contributed by atoms with van der Waals surface area (Å²) >= 11 is 0. The molecule has 1 amide bonds. The van der Waals surface area contributed by atoms with Gasteiger partial charge in [0.15, 0.2) is 0 Å². The van der Waals surface area contributed by atoms with Gasteiger partial charge in [0.2, 0.25) is 0 Å². The van der Waals surface area contributed by atoms with Crippen LogP contribution in [0.1, 0.15) is 34.3 Å². The average Bonchev–Trinajstić information content (AvgIpc) is 2.45. The van der Waals surface area contributed by atoms with Crippen LogP contribution >= 0.6 is 0 Å². The lowest BCUT2D eigenvalue weighted by molar-refractivity contribution is -0.137. The fourth-order valence-corrected chi connectivity index (χ4v) is 2.65. The van der Waals surface area contributed by atoms with Crippen molar-refractivity contribution in [1.29, 1.82) is 0 Å². The second kappa shape index (κ2) is 6.05. The number of likely N-dealkylation sites (tertiary alicyclic amines) is 1. The molecule has 2 rings (SSSR count). The normalized spacial score (nSPS) is 19.7. The van der Waals surface area contributed by atoms with E-state index in [-0.39, 0.29) is 18.1 Å². The summed E-state index contributed by atoms with van der Waals surface area (Å²) in [6, 6.07) is 3.40. The van der Waals surface area contributed by atoms with Crippen molar-refractivity contribution in [3.63, 3.8) is 0 Å². The Hall–Kier alpha value is -1.56. The number of nitrogens with zero attached hydrogens (tertiary/aromatic N) is 1. The Morgan fingerprint density at radius 1 is 1.38 bits per heavy atom. The first-order valence-electron chi connectivity index (χ1n) is 6.90. The van der Waals surface area contributed by atoms with Crippen LogP contribution in [-0.4, -0.2) is 35.6 Å². The molecule has 1 fully saturated rings. The van der Waals surface area contributed by atoms with Crippen molar-refractivity contribution in [2.75, 3.05) is 19.7 Å². The number of aliphatic hydroxyl groups is 1. The quantitative estimate of drug-likeness (QED) is 0.912. The van der Waals surface area contributed by atoms with Crippen LogP contribution in [0.15, 0.2) is 18.2 Å². The van der Waals surface area contributed by atoms with Gasteiger partial charge in [-0.3, -0.25) is 4.79 Å². The molecule has 0 aromatic heterocycles. The van der Waals surface area contributed by atoms with E-state index >= 15 is 0 Å². The third kappa shape index (κ3) is 3.75. The van der Waals surface area contributed by atoms with Gasteiger partial charge >= 0.3 is 6.18 Å². The van der Waals surface area contributed by atoms with Crippen molar-refractivity contribution >= 4 is 5.91 Å².